The van der Waals surface area contributed by atoms with E-state index >= 15 is 0 Å². The van der Waals surface area contributed by atoms with Crippen molar-refractivity contribution in [2.24, 2.45) is 0 Å². The Morgan fingerprint density at radius 2 is 1.82 bits per heavy atom. The number of halogens is 1. The number of sulfone groups is 1. The van der Waals surface area contributed by atoms with Crippen LogP contribution in [0, 0.1) is 17.1 Å². The maximum atomic E-state index is 14.1. The van der Waals surface area contributed by atoms with Crippen molar-refractivity contribution in [2.45, 2.75) is 31.6 Å². The highest BCUT2D eigenvalue weighted by molar-refractivity contribution is 7.91. The third kappa shape index (κ3) is 4.67. The number of rotatable bonds is 7. The number of hydrogen-bond donors (Lipinski definition) is 1. The molecule has 1 N–H and O–H groups in total. The Labute approximate surface area is 163 Å². The average molecular weight is 404 g/mol. The lowest BCUT2D eigenvalue weighted by Crippen LogP contribution is -2.44. The molecule has 0 spiro atoms. The summed E-state index contributed by atoms with van der Waals surface area (Å²) in [7, 11) is -3.75. The summed E-state index contributed by atoms with van der Waals surface area (Å²) in [4.78, 5) is 12.6. The lowest BCUT2D eigenvalue weighted by atomic mass is 10.1. The van der Waals surface area contributed by atoms with Gasteiger partial charge in [0.15, 0.2) is 9.84 Å². The van der Waals surface area contributed by atoms with Crippen molar-refractivity contribution in [1.82, 2.24) is 0 Å². The minimum Gasteiger partial charge on any atom is -0.465 e. The van der Waals surface area contributed by atoms with Crippen LogP contribution < -0.4 is 4.90 Å². The van der Waals surface area contributed by atoms with Crippen molar-refractivity contribution in [2.75, 3.05) is 10.7 Å². The first-order valence-electron chi connectivity index (χ1n) is 8.69. The molecule has 1 amide bonds. The molecule has 0 heterocycles. The predicted octanol–water partition coefficient (Wildman–Crippen LogP) is 4.14. The Kier molecular flexibility index (Phi) is 6.75. The van der Waals surface area contributed by atoms with Crippen molar-refractivity contribution in [1.29, 1.82) is 5.26 Å². The SMILES string of the molecule is CCC(CS(=O)(=O)C(C)c1ccc(C#N)cc1)N(C(=O)O)c1ccccc1F. The predicted molar refractivity (Wildman–Crippen MR) is 104 cm³/mol. The van der Waals surface area contributed by atoms with Crippen LogP contribution in [0.3, 0.4) is 0 Å². The molecule has 148 valence electrons. The molecule has 0 saturated heterocycles. The van der Waals surface area contributed by atoms with E-state index in [2.05, 4.69) is 0 Å². The average Bonchev–Trinajstić information content (AvgIpc) is 2.68. The van der Waals surface area contributed by atoms with Gasteiger partial charge in [0, 0.05) is 0 Å². The van der Waals surface area contributed by atoms with Gasteiger partial charge in [-0.3, -0.25) is 4.90 Å². The van der Waals surface area contributed by atoms with Crippen molar-refractivity contribution >= 4 is 21.6 Å². The molecular weight excluding hydrogens is 383 g/mol. The number of amides is 1. The number of para-hydroxylation sites is 1. The van der Waals surface area contributed by atoms with Gasteiger partial charge in [-0.05, 0) is 43.2 Å². The van der Waals surface area contributed by atoms with Crippen LogP contribution in [0.1, 0.15) is 36.6 Å². The molecule has 0 aliphatic rings. The van der Waals surface area contributed by atoms with Crippen LogP contribution in [-0.4, -0.2) is 31.4 Å². The molecule has 0 radical (unpaired) electrons. The molecule has 0 aliphatic carbocycles. The van der Waals surface area contributed by atoms with Crippen molar-refractivity contribution in [3.05, 3.63) is 65.5 Å². The first-order valence-corrected chi connectivity index (χ1v) is 10.4. The molecule has 6 nitrogen and oxygen atoms in total. The molecule has 0 fully saturated rings. The number of nitriles is 1. The number of hydrogen-bond acceptors (Lipinski definition) is 4. The van der Waals surface area contributed by atoms with E-state index in [0.717, 1.165) is 11.0 Å². The smallest absolute Gasteiger partial charge is 0.412 e. The van der Waals surface area contributed by atoms with Crippen LogP contribution in [-0.2, 0) is 9.84 Å². The van der Waals surface area contributed by atoms with Crippen molar-refractivity contribution < 1.29 is 22.7 Å². The molecule has 2 aromatic carbocycles. The number of nitrogens with zero attached hydrogens (tertiary/aromatic N) is 2. The zero-order valence-electron chi connectivity index (χ0n) is 15.5. The maximum absolute atomic E-state index is 14.1. The second-order valence-electron chi connectivity index (χ2n) is 6.37. The van der Waals surface area contributed by atoms with Gasteiger partial charge < -0.3 is 5.11 Å². The molecule has 0 aromatic heterocycles. The summed E-state index contributed by atoms with van der Waals surface area (Å²) in [5, 5.41) is 17.6. The van der Waals surface area contributed by atoms with Crippen LogP contribution >= 0.6 is 0 Å². The van der Waals surface area contributed by atoms with Crippen molar-refractivity contribution in [3.63, 3.8) is 0 Å². The summed E-state index contributed by atoms with van der Waals surface area (Å²) in [5.41, 5.74) is 0.737. The van der Waals surface area contributed by atoms with Gasteiger partial charge in [0.1, 0.15) is 5.82 Å². The van der Waals surface area contributed by atoms with Gasteiger partial charge in [-0.25, -0.2) is 17.6 Å². The minimum atomic E-state index is -3.75. The lowest BCUT2D eigenvalue weighted by molar-refractivity contribution is 0.199. The highest BCUT2D eigenvalue weighted by Gasteiger charge is 2.33. The van der Waals surface area contributed by atoms with Gasteiger partial charge in [0.05, 0.1) is 34.4 Å². The summed E-state index contributed by atoms with van der Waals surface area (Å²) in [5.74, 6) is -1.19. The third-order valence-electron chi connectivity index (χ3n) is 4.63. The van der Waals surface area contributed by atoms with Crippen LogP contribution in [0.5, 0.6) is 0 Å². The Morgan fingerprint density at radius 3 is 2.32 bits per heavy atom. The van der Waals surface area contributed by atoms with Gasteiger partial charge in [0.2, 0.25) is 0 Å². The third-order valence-corrected chi connectivity index (χ3v) is 6.83. The molecule has 0 bridgehead atoms. The topological polar surface area (TPSA) is 98.5 Å². The van der Waals surface area contributed by atoms with Crippen LogP contribution in [0.2, 0.25) is 0 Å². The molecule has 2 rings (SSSR count). The van der Waals surface area contributed by atoms with Crippen molar-refractivity contribution in [3.8, 4) is 6.07 Å². The molecule has 0 aliphatic heterocycles. The van der Waals surface area contributed by atoms with E-state index in [-0.39, 0.29) is 12.1 Å². The van der Waals surface area contributed by atoms with Crippen LogP contribution in [0.25, 0.3) is 0 Å². The number of carbonyl (C=O) groups is 1. The second-order valence-corrected chi connectivity index (χ2v) is 8.74. The fraction of sp³-hybridized carbons (Fsp3) is 0.300. The van der Waals surface area contributed by atoms with E-state index in [9.17, 15) is 22.7 Å². The van der Waals surface area contributed by atoms with Gasteiger partial charge in [-0.1, -0.05) is 31.2 Å². The molecule has 2 unspecified atom stereocenters. The molecule has 2 atom stereocenters. The zero-order valence-corrected chi connectivity index (χ0v) is 16.4. The van der Waals surface area contributed by atoms with Gasteiger partial charge in [-0.15, -0.1) is 0 Å². The van der Waals surface area contributed by atoms with Gasteiger partial charge in [-0.2, -0.15) is 5.26 Å². The van der Waals surface area contributed by atoms with E-state index in [4.69, 9.17) is 5.26 Å². The first-order chi connectivity index (χ1) is 13.2. The zero-order chi connectivity index (χ0) is 20.9. The molecule has 2 aromatic rings. The van der Waals surface area contributed by atoms with Gasteiger partial charge in [0.25, 0.3) is 0 Å². The summed E-state index contributed by atoms with van der Waals surface area (Å²) >= 11 is 0. The Bertz CT molecular complexity index is 984. The number of anilines is 1. The second kappa shape index (κ2) is 8.85. The highest BCUT2D eigenvalue weighted by atomic mass is 32.2. The molecular formula is C20H21FN2O4S. The van der Waals surface area contributed by atoms with E-state index in [1.54, 1.807) is 19.1 Å². The fourth-order valence-electron chi connectivity index (χ4n) is 2.93. The normalized spacial score (nSPS) is 13.4. The Balaban J connectivity index is 2.33. The summed E-state index contributed by atoms with van der Waals surface area (Å²) < 4.78 is 40.0. The van der Waals surface area contributed by atoms with Gasteiger partial charge >= 0.3 is 6.09 Å². The fourth-order valence-corrected chi connectivity index (χ4v) is 4.71. The van der Waals surface area contributed by atoms with Crippen LogP contribution in [0.15, 0.2) is 48.5 Å². The monoisotopic (exact) mass is 404 g/mol. The minimum absolute atomic E-state index is 0.178. The number of carboxylic acid groups (broad SMARTS) is 1. The first kappa shape index (κ1) is 21.4. The van der Waals surface area contributed by atoms with Crippen LogP contribution in [0.4, 0.5) is 14.9 Å². The largest absolute Gasteiger partial charge is 0.465 e. The Hall–Kier alpha value is -2.92. The summed E-state index contributed by atoms with van der Waals surface area (Å²) in [6.07, 6.45) is -1.22. The quantitative estimate of drug-likeness (QED) is 0.748. The molecule has 0 saturated carbocycles. The maximum Gasteiger partial charge on any atom is 0.412 e. The Morgan fingerprint density at radius 1 is 1.21 bits per heavy atom. The van der Waals surface area contributed by atoms with E-state index < -0.39 is 38.8 Å². The highest BCUT2D eigenvalue weighted by Crippen LogP contribution is 2.28. The molecule has 28 heavy (non-hydrogen) atoms. The number of benzene rings is 2. The van der Waals surface area contributed by atoms with E-state index in [0.29, 0.717) is 11.1 Å². The summed E-state index contributed by atoms with van der Waals surface area (Å²) in [6, 6.07) is 12.6. The standard InChI is InChI=1S/C20H21FN2O4S/c1-3-17(23(20(24)25)19-7-5-4-6-18(19)21)13-28(26,27)14(2)16-10-8-15(12-22)9-11-16/h4-11,14,17H,3,13H2,1-2H3,(H,24,25). The van der Waals surface area contributed by atoms with E-state index in [1.807, 2.05) is 6.07 Å². The van der Waals surface area contributed by atoms with E-state index in [1.165, 1.54) is 37.3 Å². The lowest BCUT2D eigenvalue weighted by Gasteiger charge is -2.29. The summed E-state index contributed by atoms with van der Waals surface area (Å²) in [6.45, 7) is 3.17. The molecule has 8 heteroatoms.